The summed E-state index contributed by atoms with van der Waals surface area (Å²) in [4.78, 5) is 0. The summed E-state index contributed by atoms with van der Waals surface area (Å²) in [6.07, 6.45) is 11.5. The average molecular weight is 334 g/mol. The lowest BCUT2D eigenvalue weighted by atomic mass is 9.78. The summed E-state index contributed by atoms with van der Waals surface area (Å²) in [7, 11) is 0. The Kier molecular flexibility index (Phi) is 4.88. The van der Waals surface area contributed by atoms with Crippen LogP contribution in [0.5, 0.6) is 5.75 Å². The molecular formula is C22H22O3. The predicted molar refractivity (Wildman–Crippen MR) is 101 cm³/mol. The van der Waals surface area contributed by atoms with Crippen LogP contribution >= 0.6 is 0 Å². The van der Waals surface area contributed by atoms with Crippen LogP contribution in [-0.2, 0) is 6.61 Å². The molecule has 0 aliphatic heterocycles. The van der Waals surface area contributed by atoms with Gasteiger partial charge in [-0.15, -0.1) is 0 Å². The van der Waals surface area contributed by atoms with Crippen LogP contribution in [-0.4, -0.2) is 20.9 Å². The second-order valence-corrected chi connectivity index (χ2v) is 6.50. The van der Waals surface area contributed by atoms with Gasteiger partial charge in [0.1, 0.15) is 5.75 Å². The number of aliphatic hydroxyl groups excluding tert-OH is 1. The lowest BCUT2D eigenvalue weighted by Gasteiger charge is -2.31. The second kappa shape index (κ2) is 7.09. The molecule has 2 unspecified atom stereocenters. The van der Waals surface area contributed by atoms with Gasteiger partial charge in [-0.2, -0.15) is 0 Å². The number of phenolic OH excluding ortho intramolecular Hbond substituents is 1. The molecule has 128 valence electrons. The lowest BCUT2D eigenvalue weighted by molar-refractivity contribution is 0.0945. The highest BCUT2D eigenvalue weighted by atomic mass is 16.3. The minimum Gasteiger partial charge on any atom is -0.508 e. The van der Waals surface area contributed by atoms with Crippen LogP contribution in [0.3, 0.4) is 0 Å². The molecule has 3 heteroatoms. The Bertz CT molecular complexity index is 844. The minimum absolute atomic E-state index is 0.117. The van der Waals surface area contributed by atoms with Crippen LogP contribution < -0.4 is 0 Å². The van der Waals surface area contributed by atoms with Crippen LogP contribution in [0, 0.1) is 0 Å². The number of aliphatic hydroxyl groups is 2. The van der Waals surface area contributed by atoms with Gasteiger partial charge in [-0.1, -0.05) is 60.7 Å². The molecule has 0 saturated carbocycles. The van der Waals surface area contributed by atoms with Gasteiger partial charge in [0.05, 0.1) is 12.2 Å². The largest absolute Gasteiger partial charge is 0.508 e. The van der Waals surface area contributed by atoms with Crippen molar-refractivity contribution in [2.75, 3.05) is 0 Å². The Balaban J connectivity index is 1.96. The zero-order valence-electron chi connectivity index (χ0n) is 14.1. The monoisotopic (exact) mass is 334 g/mol. The van der Waals surface area contributed by atoms with Crippen molar-refractivity contribution in [3.05, 3.63) is 89.0 Å². The molecule has 3 nitrogen and oxygen atoms in total. The third-order valence-corrected chi connectivity index (χ3v) is 4.45. The zero-order valence-corrected chi connectivity index (χ0v) is 14.1. The number of phenols is 1. The van der Waals surface area contributed by atoms with Crippen molar-refractivity contribution < 1.29 is 15.3 Å². The molecule has 0 spiro atoms. The minimum atomic E-state index is -0.937. The van der Waals surface area contributed by atoms with E-state index in [1.54, 1.807) is 25.1 Å². The molecule has 0 radical (unpaired) electrons. The smallest absolute Gasteiger partial charge is 0.116 e. The lowest BCUT2D eigenvalue weighted by Crippen LogP contribution is -2.31. The first-order valence-corrected chi connectivity index (χ1v) is 8.29. The first kappa shape index (κ1) is 17.2. The number of hydrogen-bond acceptors (Lipinski definition) is 3. The van der Waals surface area contributed by atoms with Crippen molar-refractivity contribution in [3.63, 3.8) is 0 Å². The highest BCUT2D eigenvalue weighted by Crippen LogP contribution is 2.35. The molecule has 2 atom stereocenters. The molecule has 0 fully saturated rings. The molecule has 3 N–H and O–H groups in total. The summed E-state index contributed by atoms with van der Waals surface area (Å²) in [5, 5.41) is 29.7. The Hall–Kier alpha value is -2.62. The highest BCUT2D eigenvalue weighted by molar-refractivity contribution is 5.72. The summed E-state index contributed by atoms with van der Waals surface area (Å²) < 4.78 is 0. The number of rotatable bonds is 4. The van der Waals surface area contributed by atoms with Gasteiger partial charge in [0.25, 0.3) is 0 Å². The van der Waals surface area contributed by atoms with Gasteiger partial charge in [0.2, 0.25) is 0 Å². The maximum absolute atomic E-state index is 10.7. The van der Waals surface area contributed by atoms with Gasteiger partial charge < -0.3 is 15.3 Å². The number of aromatic hydroxyl groups is 1. The molecule has 3 rings (SSSR count). The van der Waals surface area contributed by atoms with E-state index in [4.69, 9.17) is 0 Å². The predicted octanol–water partition coefficient (Wildman–Crippen LogP) is 4.02. The van der Waals surface area contributed by atoms with E-state index in [0.29, 0.717) is 5.56 Å². The van der Waals surface area contributed by atoms with E-state index in [9.17, 15) is 15.3 Å². The van der Waals surface area contributed by atoms with E-state index in [1.807, 2.05) is 60.7 Å². The molecule has 0 amide bonds. The summed E-state index contributed by atoms with van der Waals surface area (Å²) in [6, 6.07) is 13.0. The maximum Gasteiger partial charge on any atom is 0.116 e. The van der Waals surface area contributed by atoms with Gasteiger partial charge in [0.15, 0.2) is 0 Å². The Morgan fingerprint density at radius 3 is 2.64 bits per heavy atom. The SMILES string of the molecule is CC1(O)C=CC=CC1c1ccccc1C=Cc1cc(O)cc(CO)c1. The molecular weight excluding hydrogens is 312 g/mol. The standard InChI is InChI=1S/C22H22O3/c1-22(25)11-5-4-8-21(22)20-7-3-2-6-18(20)10-9-16-12-17(15-23)14-19(24)13-16/h2-14,21,23-25H,15H2,1H3. The van der Waals surface area contributed by atoms with E-state index < -0.39 is 5.60 Å². The quantitative estimate of drug-likeness (QED) is 0.740. The molecule has 2 aromatic rings. The Morgan fingerprint density at radius 1 is 1.08 bits per heavy atom. The number of allylic oxidation sites excluding steroid dienone is 2. The van der Waals surface area contributed by atoms with Gasteiger partial charge in [-0.3, -0.25) is 0 Å². The van der Waals surface area contributed by atoms with E-state index in [2.05, 4.69) is 0 Å². The van der Waals surface area contributed by atoms with E-state index in [0.717, 1.165) is 16.7 Å². The van der Waals surface area contributed by atoms with Crippen LogP contribution in [0.1, 0.15) is 35.1 Å². The van der Waals surface area contributed by atoms with Crippen molar-refractivity contribution in [2.24, 2.45) is 0 Å². The first-order valence-electron chi connectivity index (χ1n) is 8.29. The summed E-state index contributed by atoms with van der Waals surface area (Å²) in [6.45, 7) is 1.69. The maximum atomic E-state index is 10.7. The zero-order chi connectivity index (χ0) is 17.9. The van der Waals surface area contributed by atoms with Crippen molar-refractivity contribution in [2.45, 2.75) is 25.0 Å². The van der Waals surface area contributed by atoms with Crippen molar-refractivity contribution in [3.8, 4) is 5.75 Å². The van der Waals surface area contributed by atoms with Crippen molar-refractivity contribution in [1.82, 2.24) is 0 Å². The molecule has 0 saturated heterocycles. The molecule has 2 aromatic carbocycles. The van der Waals surface area contributed by atoms with E-state index >= 15 is 0 Å². The molecule has 0 bridgehead atoms. The number of hydrogen-bond donors (Lipinski definition) is 3. The highest BCUT2D eigenvalue weighted by Gasteiger charge is 2.30. The fourth-order valence-electron chi connectivity index (χ4n) is 3.16. The van der Waals surface area contributed by atoms with Crippen LogP contribution in [0.4, 0.5) is 0 Å². The van der Waals surface area contributed by atoms with Crippen LogP contribution in [0.25, 0.3) is 12.2 Å². The molecule has 0 heterocycles. The van der Waals surface area contributed by atoms with Crippen molar-refractivity contribution >= 4 is 12.2 Å². The first-order chi connectivity index (χ1) is 12.0. The van der Waals surface area contributed by atoms with Gasteiger partial charge in [-0.05, 0) is 47.4 Å². The summed E-state index contributed by atoms with van der Waals surface area (Å²) in [5.74, 6) is -0.00158. The third-order valence-electron chi connectivity index (χ3n) is 4.45. The van der Waals surface area contributed by atoms with Gasteiger partial charge in [0, 0.05) is 5.92 Å². The van der Waals surface area contributed by atoms with Gasteiger partial charge >= 0.3 is 0 Å². The average Bonchev–Trinajstić information content (AvgIpc) is 2.59. The fraction of sp³-hybridized carbons (Fsp3) is 0.182. The fourth-order valence-corrected chi connectivity index (χ4v) is 3.16. The topological polar surface area (TPSA) is 60.7 Å². The number of benzene rings is 2. The molecule has 1 aliphatic rings. The van der Waals surface area contributed by atoms with Crippen molar-refractivity contribution in [1.29, 1.82) is 0 Å². The molecule has 0 aromatic heterocycles. The van der Waals surface area contributed by atoms with Gasteiger partial charge in [-0.25, -0.2) is 0 Å². The van der Waals surface area contributed by atoms with Crippen LogP contribution in [0.2, 0.25) is 0 Å². The Morgan fingerprint density at radius 2 is 1.88 bits per heavy atom. The molecule has 1 aliphatic carbocycles. The molecule has 25 heavy (non-hydrogen) atoms. The van der Waals surface area contributed by atoms with Crippen LogP contribution in [0.15, 0.2) is 66.8 Å². The Labute approximate surface area is 147 Å². The normalized spacial score (nSPS) is 22.6. The second-order valence-electron chi connectivity index (χ2n) is 6.50. The van der Waals surface area contributed by atoms with E-state index in [-0.39, 0.29) is 18.3 Å². The van der Waals surface area contributed by atoms with E-state index in [1.165, 1.54) is 0 Å². The third kappa shape index (κ3) is 3.90. The summed E-state index contributed by atoms with van der Waals surface area (Å²) >= 11 is 0. The summed E-state index contributed by atoms with van der Waals surface area (Å²) in [5.41, 5.74) is 2.57.